The molecule has 0 saturated carbocycles. The molecule has 0 bridgehead atoms. The van der Waals surface area contributed by atoms with Crippen molar-refractivity contribution in [3.63, 3.8) is 0 Å². The molecule has 0 spiro atoms. The van der Waals surface area contributed by atoms with Crippen LogP contribution in [0.5, 0.6) is 0 Å². The standard InChI is InChI=1S/C17H12BrClN2O2S/c1-10(15(22)11-4-3-7-14(19)9-11)24-17-21-20-16(23-17)12-5-2-6-13(18)8-12/h2-10H,1H3. The molecule has 2 aromatic carbocycles. The van der Waals surface area contributed by atoms with Gasteiger partial charge >= 0.3 is 0 Å². The van der Waals surface area contributed by atoms with Gasteiger partial charge in [-0.05, 0) is 37.3 Å². The summed E-state index contributed by atoms with van der Waals surface area (Å²) in [7, 11) is 0. The first-order chi connectivity index (χ1) is 11.5. The number of hydrogen-bond donors (Lipinski definition) is 0. The Hall–Kier alpha value is -1.63. The highest BCUT2D eigenvalue weighted by Crippen LogP contribution is 2.29. The Labute approximate surface area is 156 Å². The lowest BCUT2D eigenvalue weighted by atomic mass is 10.1. The predicted octanol–water partition coefficient (Wildman–Crippen LogP) is 5.52. The second-order valence-corrected chi connectivity index (χ2v) is 7.66. The average Bonchev–Trinajstić information content (AvgIpc) is 3.02. The fourth-order valence-electron chi connectivity index (χ4n) is 2.08. The minimum absolute atomic E-state index is 0.0373. The van der Waals surface area contributed by atoms with Crippen molar-refractivity contribution in [3.8, 4) is 11.5 Å². The number of ketones is 1. The summed E-state index contributed by atoms with van der Waals surface area (Å²) in [5.41, 5.74) is 1.38. The molecule has 7 heteroatoms. The van der Waals surface area contributed by atoms with Gasteiger partial charge in [0.1, 0.15) is 0 Å². The Bertz CT molecular complexity index is 884. The molecule has 1 atom stereocenters. The van der Waals surface area contributed by atoms with Crippen molar-refractivity contribution in [2.24, 2.45) is 0 Å². The predicted molar refractivity (Wildman–Crippen MR) is 98.5 cm³/mol. The van der Waals surface area contributed by atoms with Gasteiger partial charge in [-0.25, -0.2) is 0 Å². The van der Waals surface area contributed by atoms with Crippen LogP contribution in [0.1, 0.15) is 17.3 Å². The van der Waals surface area contributed by atoms with Gasteiger partial charge in [-0.15, -0.1) is 10.2 Å². The molecule has 0 radical (unpaired) electrons. The average molecular weight is 424 g/mol. The summed E-state index contributed by atoms with van der Waals surface area (Å²) < 4.78 is 6.57. The van der Waals surface area contributed by atoms with Crippen molar-refractivity contribution < 1.29 is 9.21 Å². The van der Waals surface area contributed by atoms with Crippen molar-refractivity contribution >= 4 is 45.1 Å². The van der Waals surface area contributed by atoms with E-state index in [1.54, 1.807) is 31.2 Å². The number of aromatic nitrogens is 2. The molecule has 3 rings (SSSR count). The Morgan fingerprint density at radius 2 is 2.00 bits per heavy atom. The summed E-state index contributed by atoms with van der Waals surface area (Å²) >= 11 is 10.6. The first-order valence-corrected chi connectivity index (χ1v) is 9.14. The second-order valence-electron chi connectivity index (χ2n) is 5.02. The summed E-state index contributed by atoms with van der Waals surface area (Å²) in [5.74, 6) is 0.380. The third-order valence-corrected chi connectivity index (χ3v) is 4.90. The molecule has 0 aliphatic heterocycles. The van der Waals surface area contributed by atoms with Gasteiger partial charge in [-0.3, -0.25) is 4.79 Å². The van der Waals surface area contributed by atoms with E-state index < -0.39 is 0 Å². The molecule has 1 heterocycles. The Balaban J connectivity index is 1.73. The zero-order chi connectivity index (χ0) is 17.1. The molecule has 0 N–H and O–H groups in total. The molecule has 122 valence electrons. The number of halogens is 2. The Morgan fingerprint density at radius 3 is 2.75 bits per heavy atom. The van der Waals surface area contributed by atoms with E-state index in [9.17, 15) is 4.79 Å². The van der Waals surface area contributed by atoms with Gasteiger partial charge in [0.15, 0.2) is 5.78 Å². The van der Waals surface area contributed by atoms with Crippen LogP contribution in [0.15, 0.2) is 62.6 Å². The number of carbonyl (C=O) groups excluding carboxylic acids is 1. The SMILES string of the molecule is CC(Sc1nnc(-c2cccc(Br)c2)o1)C(=O)c1cccc(Cl)c1. The van der Waals surface area contributed by atoms with Crippen LogP contribution in [-0.2, 0) is 0 Å². The maximum Gasteiger partial charge on any atom is 0.277 e. The van der Waals surface area contributed by atoms with Gasteiger partial charge in [0.2, 0.25) is 5.89 Å². The fraction of sp³-hybridized carbons (Fsp3) is 0.118. The van der Waals surface area contributed by atoms with Crippen LogP contribution in [0, 0.1) is 0 Å². The van der Waals surface area contributed by atoms with Gasteiger partial charge in [0, 0.05) is 20.6 Å². The molecule has 4 nitrogen and oxygen atoms in total. The lowest BCUT2D eigenvalue weighted by Crippen LogP contribution is -2.13. The summed E-state index contributed by atoms with van der Waals surface area (Å²) in [5, 5.41) is 8.57. The summed E-state index contributed by atoms with van der Waals surface area (Å²) in [6.07, 6.45) is 0. The van der Waals surface area contributed by atoms with Gasteiger partial charge in [-0.1, -0.05) is 57.5 Å². The molecular weight excluding hydrogens is 412 g/mol. The Morgan fingerprint density at radius 1 is 1.21 bits per heavy atom. The first kappa shape index (κ1) is 17.2. The normalized spacial score (nSPS) is 12.1. The lowest BCUT2D eigenvalue weighted by molar-refractivity contribution is 0.0993. The molecule has 3 aromatic rings. The van der Waals surface area contributed by atoms with E-state index in [2.05, 4.69) is 26.1 Å². The second kappa shape index (κ2) is 7.51. The van der Waals surface area contributed by atoms with Crippen LogP contribution in [0.3, 0.4) is 0 Å². The van der Waals surface area contributed by atoms with Crippen molar-refractivity contribution in [1.82, 2.24) is 10.2 Å². The number of thioether (sulfide) groups is 1. The van der Waals surface area contributed by atoms with Crippen LogP contribution in [-0.4, -0.2) is 21.2 Å². The van der Waals surface area contributed by atoms with E-state index in [1.165, 1.54) is 11.8 Å². The maximum absolute atomic E-state index is 12.4. The Kier molecular flexibility index (Phi) is 5.38. The van der Waals surface area contributed by atoms with Gasteiger partial charge < -0.3 is 4.42 Å². The van der Waals surface area contributed by atoms with Gasteiger partial charge in [-0.2, -0.15) is 0 Å². The third-order valence-electron chi connectivity index (χ3n) is 3.23. The molecule has 24 heavy (non-hydrogen) atoms. The minimum Gasteiger partial charge on any atom is -0.411 e. The highest BCUT2D eigenvalue weighted by Gasteiger charge is 2.20. The molecule has 0 saturated heterocycles. The van der Waals surface area contributed by atoms with E-state index >= 15 is 0 Å². The van der Waals surface area contributed by atoms with Crippen LogP contribution in [0.25, 0.3) is 11.5 Å². The zero-order valence-corrected chi connectivity index (χ0v) is 15.7. The number of rotatable bonds is 5. The van der Waals surface area contributed by atoms with Crippen molar-refractivity contribution in [3.05, 3.63) is 63.6 Å². The summed E-state index contributed by atoms with van der Waals surface area (Å²) in [6, 6.07) is 14.5. The highest BCUT2D eigenvalue weighted by atomic mass is 79.9. The van der Waals surface area contributed by atoms with Crippen LogP contribution >= 0.6 is 39.3 Å². The molecule has 0 amide bonds. The lowest BCUT2D eigenvalue weighted by Gasteiger charge is -2.07. The molecule has 0 fully saturated rings. The van der Waals surface area contributed by atoms with E-state index in [0.717, 1.165) is 10.0 Å². The molecule has 0 aliphatic carbocycles. The quantitative estimate of drug-likeness (QED) is 0.400. The van der Waals surface area contributed by atoms with E-state index in [1.807, 2.05) is 24.3 Å². The highest BCUT2D eigenvalue weighted by molar-refractivity contribution is 9.10. The van der Waals surface area contributed by atoms with Gasteiger partial charge in [0.05, 0.1) is 5.25 Å². The topological polar surface area (TPSA) is 56.0 Å². The molecule has 1 aromatic heterocycles. The van der Waals surface area contributed by atoms with Crippen molar-refractivity contribution in [2.75, 3.05) is 0 Å². The molecule has 1 unspecified atom stereocenters. The number of benzene rings is 2. The minimum atomic E-state index is -0.362. The van der Waals surface area contributed by atoms with E-state index in [4.69, 9.17) is 16.0 Å². The maximum atomic E-state index is 12.4. The van der Waals surface area contributed by atoms with E-state index in [-0.39, 0.29) is 11.0 Å². The monoisotopic (exact) mass is 422 g/mol. The van der Waals surface area contributed by atoms with Crippen molar-refractivity contribution in [1.29, 1.82) is 0 Å². The van der Waals surface area contributed by atoms with Gasteiger partial charge in [0.25, 0.3) is 5.22 Å². The number of carbonyl (C=O) groups is 1. The first-order valence-electron chi connectivity index (χ1n) is 7.09. The van der Waals surface area contributed by atoms with E-state index in [0.29, 0.717) is 21.7 Å². The third kappa shape index (κ3) is 4.06. The van der Waals surface area contributed by atoms with Crippen LogP contribution < -0.4 is 0 Å². The zero-order valence-electron chi connectivity index (χ0n) is 12.6. The fourth-order valence-corrected chi connectivity index (χ4v) is 3.43. The molecule has 0 aliphatic rings. The number of hydrogen-bond acceptors (Lipinski definition) is 5. The number of nitrogens with zero attached hydrogens (tertiary/aromatic N) is 2. The van der Waals surface area contributed by atoms with Crippen LogP contribution in [0.4, 0.5) is 0 Å². The van der Waals surface area contributed by atoms with Crippen LogP contribution in [0.2, 0.25) is 5.02 Å². The summed E-state index contributed by atoms with van der Waals surface area (Å²) in [6.45, 7) is 1.80. The summed E-state index contributed by atoms with van der Waals surface area (Å²) in [4.78, 5) is 12.4. The smallest absolute Gasteiger partial charge is 0.277 e. The molecular formula is C17H12BrClN2O2S. The largest absolute Gasteiger partial charge is 0.411 e. The number of Topliss-reactive ketones (excluding diaryl/α,β-unsaturated/α-hetero) is 1. The van der Waals surface area contributed by atoms with Crippen molar-refractivity contribution in [2.45, 2.75) is 17.4 Å².